The first-order valence-electron chi connectivity index (χ1n) is 5.08. The number of hydrogen-bond donors (Lipinski definition) is 2. The number of benzene rings is 2. The average molecular weight is 277 g/mol. The molecule has 0 amide bonds. The van der Waals surface area contributed by atoms with Crippen LogP contribution in [0.15, 0.2) is 59.1 Å². The highest BCUT2D eigenvalue weighted by Gasteiger charge is 2.13. The molecular weight excluding hydrogens is 264 g/mol. The zero-order valence-electron chi connectivity index (χ0n) is 8.73. The van der Waals surface area contributed by atoms with Gasteiger partial charge in [0.05, 0.1) is 6.04 Å². The van der Waals surface area contributed by atoms with Crippen molar-refractivity contribution >= 4 is 15.9 Å². The summed E-state index contributed by atoms with van der Waals surface area (Å²) in [4.78, 5) is 0. The molecule has 2 aromatic carbocycles. The van der Waals surface area contributed by atoms with Crippen molar-refractivity contribution in [2.45, 2.75) is 6.04 Å². The molecule has 0 fully saturated rings. The van der Waals surface area contributed by atoms with Gasteiger partial charge in [0.2, 0.25) is 0 Å². The van der Waals surface area contributed by atoms with Gasteiger partial charge in [0, 0.05) is 4.47 Å². The molecule has 0 aromatic heterocycles. The third-order valence-corrected chi connectivity index (χ3v) is 3.24. The molecule has 0 unspecified atom stereocenters. The summed E-state index contributed by atoms with van der Waals surface area (Å²) in [5.41, 5.74) is 5.13. The summed E-state index contributed by atoms with van der Waals surface area (Å²) < 4.78 is 1.06. The van der Waals surface area contributed by atoms with E-state index in [0.717, 1.165) is 15.6 Å². The Morgan fingerprint density at radius 1 is 0.938 bits per heavy atom. The molecule has 0 radical (unpaired) electrons. The molecule has 0 bridgehead atoms. The molecule has 0 aliphatic carbocycles. The maximum Gasteiger partial charge on any atom is 0.0721 e. The minimum atomic E-state index is 0.0109. The van der Waals surface area contributed by atoms with Gasteiger partial charge in [-0.25, -0.2) is 5.43 Å². The van der Waals surface area contributed by atoms with Crippen molar-refractivity contribution in [3.63, 3.8) is 0 Å². The van der Waals surface area contributed by atoms with Crippen LogP contribution in [0.25, 0.3) is 0 Å². The monoisotopic (exact) mass is 276 g/mol. The molecule has 2 rings (SSSR count). The summed E-state index contributed by atoms with van der Waals surface area (Å²) in [6.45, 7) is 0. The van der Waals surface area contributed by atoms with E-state index in [1.54, 1.807) is 0 Å². The Labute approximate surface area is 104 Å². The van der Waals surface area contributed by atoms with Crippen molar-refractivity contribution in [2.75, 3.05) is 0 Å². The highest BCUT2D eigenvalue weighted by Crippen LogP contribution is 2.27. The first-order valence-corrected chi connectivity index (χ1v) is 5.87. The van der Waals surface area contributed by atoms with E-state index in [0.29, 0.717) is 0 Å². The smallest absolute Gasteiger partial charge is 0.0721 e. The molecule has 0 saturated carbocycles. The molecular formula is C13H13BrN2. The minimum absolute atomic E-state index is 0.0109. The molecule has 0 saturated heterocycles. The molecule has 3 heteroatoms. The zero-order chi connectivity index (χ0) is 11.4. The Morgan fingerprint density at radius 3 is 2.19 bits per heavy atom. The summed E-state index contributed by atoms with van der Waals surface area (Å²) in [5.74, 6) is 5.63. The predicted molar refractivity (Wildman–Crippen MR) is 69.8 cm³/mol. The first kappa shape index (κ1) is 11.3. The van der Waals surface area contributed by atoms with Gasteiger partial charge in [-0.2, -0.15) is 0 Å². The molecule has 0 spiro atoms. The lowest BCUT2D eigenvalue weighted by molar-refractivity contribution is 0.634. The topological polar surface area (TPSA) is 38.0 Å². The van der Waals surface area contributed by atoms with Crippen molar-refractivity contribution in [3.05, 3.63) is 70.2 Å². The van der Waals surface area contributed by atoms with E-state index in [1.165, 1.54) is 0 Å². The molecule has 0 heterocycles. The number of hydrogen-bond acceptors (Lipinski definition) is 2. The number of hydrazine groups is 1. The maximum atomic E-state index is 5.63. The third kappa shape index (κ3) is 2.32. The van der Waals surface area contributed by atoms with Gasteiger partial charge in [0.25, 0.3) is 0 Å². The van der Waals surface area contributed by atoms with E-state index in [4.69, 9.17) is 5.84 Å². The number of nitrogens with one attached hydrogen (secondary N) is 1. The average Bonchev–Trinajstić information content (AvgIpc) is 2.34. The fourth-order valence-electron chi connectivity index (χ4n) is 1.72. The van der Waals surface area contributed by atoms with Crippen LogP contribution in [-0.4, -0.2) is 0 Å². The molecule has 0 aliphatic rings. The van der Waals surface area contributed by atoms with E-state index in [1.807, 2.05) is 36.4 Å². The summed E-state index contributed by atoms with van der Waals surface area (Å²) in [5, 5.41) is 0. The van der Waals surface area contributed by atoms with Crippen molar-refractivity contribution < 1.29 is 0 Å². The van der Waals surface area contributed by atoms with Gasteiger partial charge < -0.3 is 0 Å². The second kappa shape index (κ2) is 5.25. The number of rotatable bonds is 3. The standard InChI is InChI=1S/C13H13BrN2/c14-12-9-5-4-8-11(12)13(16-15)10-6-2-1-3-7-10/h1-9,13,16H,15H2/t13-/m1/s1. The van der Waals surface area contributed by atoms with Crippen molar-refractivity contribution in [2.24, 2.45) is 5.84 Å². The maximum absolute atomic E-state index is 5.63. The van der Waals surface area contributed by atoms with Gasteiger partial charge in [0.15, 0.2) is 0 Å². The van der Waals surface area contributed by atoms with Crippen LogP contribution in [0.2, 0.25) is 0 Å². The van der Waals surface area contributed by atoms with Crippen LogP contribution in [0.3, 0.4) is 0 Å². The zero-order valence-corrected chi connectivity index (χ0v) is 10.3. The Balaban J connectivity index is 2.41. The van der Waals surface area contributed by atoms with Gasteiger partial charge >= 0.3 is 0 Å². The van der Waals surface area contributed by atoms with E-state index < -0.39 is 0 Å². The summed E-state index contributed by atoms with van der Waals surface area (Å²) in [6.07, 6.45) is 0. The lowest BCUT2D eigenvalue weighted by atomic mass is 9.99. The van der Waals surface area contributed by atoms with Gasteiger partial charge in [-0.3, -0.25) is 5.84 Å². The quantitative estimate of drug-likeness (QED) is 0.668. The molecule has 1 atom stereocenters. The predicted octanol–water partition coefficient (Wildman–Crippen LogP) is 3.00. The molecule has 0 aliphatic heterocycles. The normalized spacial score (nSPS) is 12.4. The van der Waals surface area contributed by atoms with E-state index in [2.05, 4.69) is 39.6 Å². The molecule has 2 nitrogen and oxygen atoms in total. The lowest BCUT2D eigenvalue weighted by Gasteiger charge is -2.18. The Kier molecular flexibility index (Phi) is 3.72. The van der Waals surface area contributed by atoms with Gasteiger partial charge in [-0.15, -0.1) is 0 Å². The number of nitrogens with two attached hydrogens (primary N) is 1. The van der Waals surface area contributed by atoms with Crippen molar-refractivity contribution in [1.29, 1.82) is 0 Å². The summed E-state index contributed by atoms with van der Waals surface area (Å²) >= 11 is 3.54. The van der Waals surface area contributed by atoms with Crippen molar-refractivity contribution in [3.8, 4) is 0 Å². The van der Waals surface area contributed by atoms with E-state index in [9.17, 15) is 0 Å². The fraction of sp³-hybridized carbons (Fsp3) is 0.0769. The van der Waals surface area contributed by atoms with Crippen LogP contribution in [0.1, 0.15) is 17.2 Å². The van der Waals surface area contributed by atoms with Gasteiger partial charge in [0.1, 0.15) is 0 Å². The summed E-state index contributed by atoms with van der Waals surface area (Å²) in [6, 6.07) is 18.2. The van der Waals surface area contributed by atoms with Crippen LogP contribution >= 0.6 is 15.9 Å². The lowest BCUT2D eigenvalue weighted by Crippen LogP contribution is -2.29. The SMILES string of the molecule is NN[C@H](c1ccccc1)c1ccccc1Br. The molecule has 2 aromatic rings. The highest BCUT2D eigenvalue weighted by atomic mass is 79.9. The Hall–Kier alpha value is -1.16. The fourth-order valence-corrected chi connectivity index (χ4v) is 2.23. The van der Waals surface area contributed by atoms with E-state index >= 15 is 0 Å². The highest BCUT2D eigenvalue weighted by molar-refractivity contribution is 9.10. The second-order valence-corrected chi connectivity index (χ2v) is 4.39. The van der Waals surface area contributed by atoms with E-state index in [-0.39, 0.29) is 6.04 Å². The molecule has 82 valence electrons. The minimum Gasteiger partial charge on any atom is -0.271 e. The molecule has 3 N–H and O–H groups in total. The van der Waals surface area contributed by atoms with Crippen LogP contribution < -0.4 is 11.3 Å². The van der Waals surface area contributed by atoms with Crippen molar-refractivity contribution in [1.82, 2.24) is 5.43 Å². The Bertz CT molecular complexity index is 456. The van der Waals surface area contributed by atoms with Gasteiger partial charge in [-0.05, 0) is 17.2 Å². The van der Waals surface area contributed by atoms with Gasteiger partial charge in [-0.1, -0.05) is 64.5 Å². The largest absolute Gasteiger partial charge is 0.271 e. The molecule has 16 heavy (non-hydrogen) atoms. The van der Waals surface area contributed by atoms with Crippen LogP contribution in [0.4, 0.5) is 0 Å². The van der Waals surface area contributed by atoms with Crippen LogP contribution in [0, 0.1) is 0 Å². The van der Waals surface area contributed by atoms with Crippen LogP contribution in [0.5, 0.6) is 0 Å². The Morgan fingerprint density at radius 2 is 1.56 bits per heavy atom. The first-order chi connectivity index (χ1) is 7.83. The third-order valence-electron chi connectivity index (χ3n) is 2.52. The number of halogens is 1. The van der Waals surface area contributed by atoms with Crippen LogP contribution in [-0.2, 0) is 0 Å². The summed E-state index contributed by atoms with van der Waals surface area (Å²) in [7, 11) is 0. The second-order valence-electron chi connectivity index (χ2n) is 3.53.